The molecule has 0 aromatic carbocycles. The molecular weight excluding hydrogens is 432 g/mol. The summed E-state index contributed by atoms with van der Waals surface area (Å²) in [6.45, 7) is 10.4. The number of aliphatic hydroxyl groups excluding tert-OH is 2. The Balaban J connectivity index is 1.31. The van der Waals surface area contributed by atoms with Crippen LogP contribution >= 0.6 is 0 Å². The maximum atomic E-state index is 13.3. The number of cyclic esters (lactones) is 1. The first-order chi connectivity index (χ1) is 16.0. The number of rotatable bonds is 2. The molecule has 186 valence electrons. The molecule has 2 N–H and O–H groups in total. The number of epoxide rings is 1. The number of esters is 1. The van der Waals surface area contributed by atoms with E-state index in [0.717, 1.165) is 43.3 Å². The first kappa shape index (κ1) is 22.9. The number of hydrogen-bond acceptors (Lipinski definition) is 6. The fraction of sp³-hybridized carbons (Fsp3) is 0.786. The van der Waals surface area contributed by atoms with E-state index in [9.17, 15) is 19.8 Å². The maximum absolute atomic E-state index is 13.3. The quantitative estimate of drug-likeness (QED) is 0.475. The minimum atomic E-state index is -0.976. The molecule has 2 heterocycles. The van der Waals surface area contributed by atoms with Crippen molar-refractivity contribution in [3.8, 4) is 0 Å². The highest BCUT2D eigenvalue weighted by atomic mass is 16.6. The molecule has 0 unspecified atom stereocenters. The molecule has 1 saturated heterocycles. The Hall–Kier alpha value is -1.50. The van der Waals surface area contributed by atoms with Crippen LogP contribution in [0, 0.1) is 40.4 Å². The zero-order valence-corrected chi connectivity index (χ0v) is 20.9. The lowest BCUT2D eigenvalue weighted by atomic mass is 9.43. The van der Waals surface area contributed by atoms with Crippen molar-refractivity contribution in [1.29, 1.82) is 0 Å². The second kappa shape index (κ2) is 7.04. The summed E-state index contributed by atoms with van der Waals surface area (Å²) in [5.74, 6) is 0.697. The first-order valence-corrected chi connectivity index (χ1v) is 13.1. The van der Waals surface area contributed by atoms with Gasteiger partial charge in [-0.15, -0.1) is 0 Å². The van der Waals surface area contributed by atoms with Gasteiger partial charge in [0.05, 0.1) is 11.5 Å². The number of ether oxygens (including phenoxy) is 2. The molecule has 6 rings (SSSR count). The largest absolute Gasteiger partial charge is 0.458 e. The van der Waals surface area contributed by atoms with Crippen LogP contribution in [0.15, 0.2) is 23.3 Å². The highest BCUT2D eigenvalue weighted by Gasteiger charge is 2.83. The van der Waals surface area contributed by atoms with Gasteiger partial charge < -0.3 is 19.7 Å². The number of aliphatic hydroxyl groups is 2. The van der Waals surface area contributed by atoms with Crippen molar-refractivity contribution in [1.82, 2.24) is 0 Å². The van der Waals surface area contributed by atoms with Gasteiger partial charge in [0.1, 0.15) is 23.9 Å². The third kappa shape index (κ3) is 2.53. The van der Waals surface area contributed by atoms with Gasteiger partial charge in [-0.3, -0.25) is 4.79 Å². The fourth-order valence-corrected chi connectivity index (χ4v) is 9.52. The van der Waals surface area contributed by atoms with Crippen LogP contribution in [0.2, 0.25) is 0 Å². The molecule has 1 spiro atoms. The van der Waals surface area contributed by atoms with E-state index in [0.29, 0.717) is 5.92 Å². The molecule has 0 aromatic rings. The number of hydrogen-bond donors (Lipinski definition) is 2. The number of carbonyl (C=O) groups is 2. The maximum Gasteiger partial charge on any atom is 0.333 e. The zero-order valence-electron chi connectivity index (χ0n) is 20.9. The lowest BCUT2D eigenvalue weighted by molar-refractivity contribution is -0.166. The molecule has 2 aliphatic heterocycles. The molecule has 6 aliphatic rings. The van der Waals surface area contributed by atoms with E-state index in [4.69, 9.17) is 9.47 Å². The van der Waals surface area contributed by atoms with Gasteiger partial charge in [0.15, 0.2) is 5.78 Å². The van der Waals surface area contributed by atoms with Crippen molar-refractivity contribution in [3.63, 3.8) is 0 Å². The second-order valence-corrected chi connectivity index (χ2v) is 12.6. The van der Waals surface area contributed by atoms with Gasteiger partial charge in [0.2, 0.25) is 0 Å². The van der Waals surface area contributed by atoms with E-state index in [-0.39, 0.29) is 46.9 Å². The fourth-order valence-electron chi connectivity index (χ4n) is 9.52. The van der Waals surface area contributed by atoms with E-state index in [1.807, 2.05) is 20.8 Å². The third-order valence-electron chi connectivity index (χ3n) is 11.7. The number of allylic oxidation sites excluding steroid dienone is 1. The standard InChI is InChI=1S/C28H38O6/c1-13-12-19(33-25(32)14(13)2)15(3)16-6-7-17-22-18(10-11-26(16,17)4)27(5)20(29)8-9-21(30)28(27)24(34-28)23(22)31/h8-9,15-19,21-24,30-31H,6-7,10-12H2,1-5H3/t15-,16+,17-,18-,19+,21-,22-,23+,24+,26+,27-,28+/m0/s1. The van der Waals surface area contributed by atoms with Crippen molar-refractivity contribution in [3.05, 3.63) is 23.3 Å². The molecule has 0 amide bonds. The number of ketones is 1. The van der Waals surface area contributed by atoms with Crippen molar-refractivity contribution in [2.75, 3.05) is 0 Å². The molecular formula is C28H38O6. The van der Waals surface area contributed by atoms with Crippen LogP contribution in [-0.2, 0) is 19.1 Å². The molecule has 3 saturated carbocycles. The Morgan fingerprint density at radius 2 is 1.82 bits per heavy atom. The minimum Gasteiger partial charge on any atom is -0.458 e. The van der Waals surface area contributed by atoms with Gasteiger partial charge in [-0.1, -0.05) is 19.4 Å². The van der Waals surface area contributed by atoms with Crippen LogP contribution in [0.25, 0.3) is 0 Å². The van der Waals surface area contributed by atoms with Gasteiger partial charge in [-0.05, 0) is 93.6 Å². The van der Waals surface area contributed by atoms with Gasteiger partial charge in [-0.25, -0.2) is 4.79 Å². The molecule has 0 radical (unpaired) electrons. The summed E-state index contributed by atoms with van der Waals surface area (Å²) in [6, 6.07) is 0. The topological polar surface area (TPSA) is 96.4 Å². The molecule has 0 aromatic heterocycles. The highest BCUT2D eigenvalue weighted by Crippen LogP contribution is 2.73. The van der Waals surface area contributed by atoms with Crippen molar-refractivity contribution in [2.45, 2.75) is 96.7 Å². The normalized spacial score (nSPS) is 54.6. The van der Waals surface area contributed by atoms with Crippen LogP contribution < -0.4 is 0 Å². The monoisotopic (exact) mass is 470 g/mol. The van der Waals surface area contributed by atoms with Crippen molar-refractivity contribution >= 4 is 11.8 Å². The molecule has 0 bridgehead atoms. The molecule has 12 atom stereocenters. The summed E-state index contributed by atoms with van der Waals surface area (Å²) in [4.78, 5) is 25.7. The zero-order chi connectivity index (χ0) is 24.4. The highest BCUT2D eigenvalue weighted by molar-refractivity contribution is 5.98. The van der Waals surface area contributed by atoms with E-state index in [1.54, 1.807) is 6.08 Å². The van der Waals surface area contributed by atoms with Crippen LogP contribution in [0.4, 0.5) is 0 Å². The van der Waals surface area contributed by atoms with Gasteiger partial charge in [0, 0.05) is 12.0 Å². The Morgan fingerprint density at radius 3 is 2.53 bits per heavy atom. The van der Waals surface area contributed by atoms with E-state index in [1.165, 1.54) is 6.08 Å². The minimum absolute atomic E-state index is 0.00943. The molecule has 6 heteroatoms. The predicted octanol–water partition coefficient (Wildman–Crippen LogP) is 3.35. The van der Waals surface area contributed by atoms with E-state index in [2.05, 4.69) is 13.8 Å². The summed E-state index contributed by atoms with van der Waals surface area (Å²) in [5, 5.41) is 22.4. The Labute approximate surface area is 201 Å². The van der Waals surface area contributed by atoms with Crippen molar-refractivity contribution < 1.29 is 29.3 Å². The van der Waals surface area contributed by atoms with Crippen LogP contribution in [0.3, 0.4) is 0 Å². The lowest BCUT2D eigenvalue weighted by Crippen LogP contribution is -2.67. The van der Waals surface area contributed by atoms with Crippen LogP contribution in [0.1, 0.15) is 66.7 Å². The average molecular weight is 471 g/mol. The SMILES string of the molecule is CC1=C(C)C(=O)O[C@@H]([C@@H](C)[C@H]2CC[C@H]3[C@@H]4[C@@H](O)[C@H]5O[C@]56[C@@H](O)C=CC(=O)[C@]6(C)[C@H]4CC[C@]23C)C1. The van der Waals surface area contributed by atoms with Gasteiger partial charge in [0.25, 0.3) is 0 Å². The molecule has 6 nitrogen and oxygen atoms in total. The number of carbonyl (C=O) groups excluding carboxylic acids is 2. The van der Waals surface area contributed by atoms with Gasteiger partial charge in [-0.2, -0.15) is 0 Å². The summed E-state index contributed by atoms with van der Waals surface area (Å²) in [7, 11) is 0. The summed E-state index contributed by atoms with van der Waals surface area (Å²) < 4.78 is 12.0. The Morgan fingerprint density at radius 1 is 1.09 bits per heavy atom. The second-order valence-electron chi connectivity index (χ2n) is 12.6. The van der Waals surface area contributed by atoms with Gasteiger partial charge >= 0.3 is 5.97 Å². The summed E-state index contributed by atoms with van der Waals surface area (Å²) in [5.41, 5.74) is 0.0848. The molecule has 4 aliphatic carbocycles. The molecule has 4 fully saturated rings. The summed E-state index contributed by atoms with van der Waals surface area (Å²) >= 11 is 0. The molecule has 34 heavy (non-hydrogen) atoms. The predicted molar refractivity (Wildman–Crippen MR) is 124 cm³/mol. The Bertz CT molecular complexity index is 1010. The lowest BCUT2D eigenvalue weighted by Gasteiger charge is -2.59. The Kier molecular flexibility index (Phi) is 4.75. The third-order valence-corrected chi connectivity index (χ3v) is 11.7. The smallest absolute Gasteiger partial charge is 0.333 e. The first-order valence-electron chi connectivity index (χ1n) is 13.1. The van der Waals surface area contributed by atoms with E-state index >= 15 is 0 Å². The summed E-state index contributed by atoms with van der Waals surface area (Å²) in [6.07, 6.45) is 5.58. The average Bonchev–Trinajstić information content (AvgIpc) is 3.47. The van der Waals surface area contributed by atoms with Crippen LogP contribution in [-0.4, -0.2) is 52.0 Å². The van der Waals surface area contributed by atoms with Crippen LogP contribution in [0.5, 0.6) is 0 Å². The number of fused-ring (bicyclic) bond motifs is 4. The van der Waals surface area contributed by atoms with Crippen molar-refractivity contribution in [2.24, 2.45) is 40.4 Å². The van der Waals surface area contributed by atoms with E-state index < -0.39 is 29.3 Å².